The van der Waals surface area contributed by atoms with Crippen LogP contribution < -0.4 is 5.32 Å². The third-order valence-corrected chi connectivity index (χ3v) is 6.21. The summed E-state index contributed by atoms with van der Waals surface area (Å²) in [5, 5.41) is 16.4. The van der Waals surface area contributed by atoms with Gasteiger partial charge in [-0.3, -0.25) is 9.89 Å². The molecule has 0 spiro atoms. The number of rotatable bonds is 4. The van der Waals surface area contributed by atoms with E-state index in [0.717, 1.165) is 53.8 Å². The minimum absolute atomic E-state index is 0. The first-order valence-electron chi connectivity index (χ1n) is 9.58. The highest BCUT2D eigenvalue weighted by Crippen LogP contribution is 2.29. The number of hydrogen-bond donors (Lipinski definition) is 2. The molecule has 156 valence electrons. The number of thiophene rings is 1. The van der Waals surface area contributed by atoms with Crippen LogP contribution in [-0.4, -0.2) is 61.8 Å². The van der Waals surface area contributed by atoms with Crippen LogP contribution in [0.15, 0.2) is 42.4 Å². The van der Waals surface area contributed by atoms with Crippen LogP contribution in [0.2, 0.25) is 0 Å². The molecule has 1 atom stereocenters. The van der Waals surface area contributed by atoms with Crippen LogP contribution in [0.5, 0.6) is 0 Å². The van der Waals surface area contributed by atoms with Crippen molar-refractivity contribution in [3.05, 3.63) is 47.3 Å². The molecule has 5 rings (SSSR count). The summed E-state index contributed by atoms with van der Waals surface area (Å²) in [7, 11) is 2.09. The van der Waals surface area contributed by atoms with Gasteiger partial charge < -0.3 is 10.2 Å². The largest absolute Gasteiger partial charge is 0.347 e. The lowest BCUT2D eigenvalue weighted by molar-refractivity contribution is 0.0916. The van der Waals surface area contributed by atoms with E-state index in [1.165, 1.54) is 11.3 Å². The van der Waals surface area contributed by atoms with Crippen molar-refractivity contribution in [2.24, 2.45) is 0 Å². The van der Waals surface area contributed by atoms with Crippen LogP contribution >= 0.6 is 11.3 Å². The number of amides is 1. The molecule has 0 aromatic carbocycles. The van der Waals surface area contributed by atoms with Gasteiger partial charge in [-0.05, 0) is 43.4 Å². The Morgan fingerprint density at radius 3 is 2.97 bits per heavy atom. The van der Waals surface area contributed by atoms with E-state index in [4.69, 9.17) is 0 Å². The Bertz CT molecular complexity index is 1150. The van der Waals surface area contributed by atoms with E-state index in [9.17, 15) is 4.79 Å². The minimum Gasteiger partial charge on any atom is -0.347 e. The molecule has 4 aromatic rings. The molecule has 9 heteroatoms. The molecule has 1 fully saturated rings. The minimum atomic E-state index is -0.00627. The molecule has 1 aliphatic heterocycles. The molecule has 1 amide bonds. The van der Waals surface area contributed by atoms with Crippen molar-refractivity contribution < 1.29 is 4.79 Å². The van der Waals surface area contributed by atoms with Gasteiger partial charge in [0.1, 0.15) is 0 Å². The first-order chi connectivity index (χ1) is 14.2. The summed E-state index contributed by atoms with van der Waals surface area (Å²) in [6, 6.07) is 2.14. The number of carbonyl (C=O) groups is 1. The zero-order valence-electron chi connectivity index (χ0n) is 16.0. The molecule has 1 aliphatic rings. The molecule has 8 nitrogen and oxygen atoms in total. The van der Waals surface area contributed by atoms with Gasteiger partial charge in [0.15, 0.2) is 5.65 Å². The van der Waals surface area contributed by atoms with Gasteiger partial charge in [0, 0.05) is 47.9 Å². The van der Waals surface area contributed by atoms with Gasteiger partial charge in [0.25, 0.3) is 5.91 Å². The van der Waals surface area contributed by atoms with Crippen molar-refractivity contribution in [2.45, 2.75) is 26.3 Å². The standard InChI is InChI=1S/C20H21N7OS.CH4/c1-26-4-2-3-16(11-26)25-20(28)18-5-13(12-29-18)17-9-24-27-10-15(6-21-19(17)27)14-7-22-23-8-14;/h5-10,12,16H,2-4,11H2,1H3,(H,22,23)(H,25,28);1H4. The molecule has 1 saturated heterocycles. The maximum absolute atomic E-state index is 12.7. The molecule has 1 unspecified atom stereocenters. The van der Waals surface area contributed by atoms with Gasteiger partial charge in [0.05, 0.1) is 17.3 Å². The predicted molar refractivity (Wildman–Crippen MR) is 119 cm³/mol. The van der Waals surface area contributed by atoms with Gasteiger partial charge >= 0.3 is 0 Å². The van der Waals surface area contributed by atoms with E-state index in [2.05, 4.69) is 37.5 Å². The number of likely N-dealkylation sites (tertiary alicyclic amines) is 1. The molecule has 0 saturated carbocycles. The van der Waals surface area contributed by atoms with Crippen molar-refractivity contribution >= 4 is 22.9 Å². The smallest absolute Gasteiger partial charge is 0.261 e. The summed E-state index contributed by atoms with van der Waals surface area (Å²) in [6.45, 7) is 2.00. The Balaban J connectivity index is 0.00000218. The Labute approximate surface area is 178 Å². The van der Waals surface area contributed by atoms with Crippen LogP contribution in [0.1, 0.15) is 29.9 Å². The van der Waals surface area contributed by atoms with Gasteiger partial charge in [0.2, 0.25) is 0 Å². The summed E-state index contributed by atoms with van der Waals surface area (Å²) >= 11 is 1.45. The SMILES string of the molecule is C.CN1CCCC(NC(=O)c2cc(-c3cnn4cc(-c5cn[nH]c5)cnc34)cs2)C1. The average Bonchev–Trinajstić information content (AvgIpc) is 3.47. The number of nitrogens with zero attached hydrogens (tertiary/aromatic N) is 5. The Morgan fingerprint density at radius 2 is 2.17 bits per heavy atom. The van der Waals surface area contributed by atoms with Crippen LogP contribution in [0.3, 0.4) is 0 Å². The second-order valence-electron chi connectivity index (χ2n) is 7.43. The fourth-order valence-electron chi connectivity index (χ4n) is 3.77. The van der Waals surface area contributed by atoms with Crippen LogP contribution in [-0.2, 0) is 0 Å². The van der Waals surface area contributed by atoms with Crippen molar-refractivity contribution in [3.8, 4) is 22.3 Å². The van der Waals surface area contributed by atoms with Crippen LogP contribution in [0.4, 0.5) is 0 Å². The van der Waals surface area contributed by atoms with E-state index in [1.54, 1.807) is 16.9 Å². The van der Waals surface area contributed by atoms with E-state index < -0.39 is 0 Å². The molecule has 0 aliphatic carbocycles. The Morgan fingerprint density at radius 1 is 1.27 bits per heavy atom. The van der Waals surface area contributed by atoms with Crippen molar-refractivity contribution in [3.63, 3.8) is 0 Å². The fourth-order valence-corrected chi connectivity index (χ4v) is 4.58. The van der Waals surface area contributed by atoms with E-state index in [0.29, 0.717) is 4.88 Å². The number of carbonyl (C=O) groups excluding carboxylic acids is 1. The lowest BCUT2D eigenvalue weighted by Gasteiger charge is -2.30. The predicted octanol–water partition coefficient (Wildman–Crippen LogP) is 3.31. The molecule has 2 N–H and O–H groups in total. The highest BCUT2D eigenvalue weighted by atomic mass is 32.1. The molecular weight excluding hydrogens is 398 g/mol. The normalized spacial score (nSPS) is 17.0. The number of nitrogens with one attached hydrogen (secondary N) is 2. The molecule has 4 aromatic heterocycles. The van der Waals surface area contributed by atoms with Crippen molar-refractivity contribution in [1.82, 2.24) is 35.0 Å². The summed E-state index contributed by atoms with van der Waals surface area (Å²) in [5.41, 5.74) is 4.52. The van der Waals surface area contributed by atoms with Gasteiger partial charge in [-0.25, -0.2) is 9.50 Å². The highest BCUT2D eigenvalue weighted by molar-refractivity contribution is 7.12. The fraction of sp³-hybridized carbons (Fsp3) is 0.333. The summed E-state index contributed by atoms with van der Waals surface area (Å²) < 4.78 is 1.76. The van der Waals surface area contributed by atoms with E-state index in [-0.39, 0.29) is 19.4 Å². The highest BCUT2D eigenvalue weighted by Gasteiger charge is 2.21. The van der Waals surface area contributed by atoms with E-state index >= 15 is 0 Å². The lowest BCUT2D eigenvalue weighted by Crippen LogP contribution is -2.46. The second kappa shape index (κ2) is 8.37. The average molecular weight is 424 g/mol. The van der Waals surface area contributed by atoms with Crippen LogP contribution in [0, 0.1) is 0 Å². The van der Waals surface area contributed by atoms with Gasteiger partial charge in [-0.1, -0.05) is 7.43 Å². The Kier molecular flexibility index (Phi) is 5.65. The lowest BCUT2D eigenvalue weighted by atomic mass is 10.1. The topological polar surface area (TPSA) is 91.2 Å². The number of piperidine rings is 1. The third-order valence-electron chi connectivity index (χ3n) is 5.28. The summed E-state index contributed by atoms with van der Waals surface area (Å²) in [5.74, 6) is -0.00627. The number of aromatic nitrogens is 5. The number of H-pyrrole nitrogens is 1. The van der Waals surface area contributed by atoms with Gasteiger partial charge in [-0.2, -0.15) is 10.2 Å². The summed E-state index contributed by atoms with van der Waals surface area (Å²) in [6.07, 6.45) is 11.3. The van der Waals surface area contributed by atoms with Gasteiger partial charge in [-0.15, -0.1) is 11.3 Å². The molecular formula is C21H25N7OS. The zero-order valence-corrected chi connectivity index (χ0v) is 16.8. The zero-order chi connectivity index (χ0) is 19.8. The van der Waals surface area contributed by atoms with Crippen molar-refractivity contribution in [1.29, 1.82) is 0 Å². The maximum Gasteiger partial charge on any atom is 0.261 e. The molecule has 0 bridgehead atoms. The van der Waals surface area contributed by atoms with Crippen LogP contribution in [0.25, 0.3) is 27.9 Å². The number of hydrogen-bond acceptors (Lipinski definition) is 6. The summed E-state index contributed by atoms with van der Waals surface area (Å²) in [4.78, 5) is 20.2. The second-order valence-corrected chi connectivity index (χ2v) is 8.34. The number of fused-ring (bicyclic) bond motifs is 1. The number of likely N-dealkylation sites (N-methyl/N-ethyl adjacent to an activating group) is 1. The third kappa shape index (κ3) is 3.86. The van der Waals surface area contributed by atoms with Crippen molar-refractivity contribution in [2.75, 3.05) is 20.1 Å². The first-order valence-corrected chi connectivity index (χ1v) is 10.5. The quantitative estimate of drug-likeness (QED) is 0.525. The van der Waals surface area contributed by atoms with E-state index in [1.807, 2.05) is 30.0 Å². The maximum atomic E-state index is 12.7. The number of aromatic amines is 1. The molecule has 5 heterocycles. The first kappa shape index (κ1) is 20.2. The Hall–Kier alpha value is -3.04. The molecule has 30 heavy (non-hydrogen) atoms. The monoisotopic (exact) mass is 423 g/mol. The molecule has 0 radical (unpaired) electrons.